The molecule has 0 atom stereocenters. The SMILES string of the molecule is O=C(OCCN(Cc1ccccn1)Cc1ccccn1)c1ccccc1Nc1cccc(C(F)(F)F)c1. The van der Waals surface area contributed by atoms with Gasteiger partial charge in [-0.05, 0) is 54.6 Å². The number of nitrogens with one attached hydrogen (secondary N) is 1. The van der Waals surface area contributed by atoms with Crippen LogP contribution in [0.1, 0.15) is 27.3 Å². The number of anilines is 2. The molecule has 2 aromatic heterocycles. The molecule has 0 bridgehead atoms. The van der Waals surface area contributed by atoms with Crippen molar-refractivity contribution in [2.24, 2.45) is 0 Å². The minimum atomic E-state index is -4.47. The second-order valence-corrected chi connectivity index (χ2v) is 8.24. The summed E-state index contributed by atoms with van der Waals surface area (Å²) >= 11 is 0. The van der Waals surface area contributed by atoms with Crippen LogP contribution < -0.4 is 5.32 Å². The van der Waals surface area contributed by atoms with E-state index < -0.39 is 17.7 Å². The molecule has 9 heteroatoms. The summed E-state index contributed by atoms with van der Waals surface area (Å²) in [7, 11) is 0. The number of benzene rings is 2. The van der Waals surface area contributed by atoms with E-state index in [0.29, 0.717) is 25.3 Å². The van der Waals surface area contributed by atoms with Gasteiger partial charge in [-0.1, -0.05) is 30.3 Å². The van der Waals surface area contributed by atoms with Crippen molar-refractivity contribution in [2.45, 2.75) is 19.3 Å². The number of para-hydroxylation sites is 1. The second-order valence-electron chi connectivity index (χ2n) is 8.24. The minimum absolute atomic E-state index is 0.108. The van der Waals surface area contributed by atoms with Crippen molar-refractivity contribution in [1.29, 1.82) is 0 Å². The largest absolute Gasteiger partial charge is 0.461 e. The van der Waals surface area contributed by atoms with Gasteiger partial charge in [0.05, 0.1) is 28.2 Å². The number of carbonyl (C=O) groups excluding carboxylic acids is 1. The van der Waals surface area contributed by atoms with Gasteiger partial charge >= 0.3 is 12.1 Å². The predicted octanol–water partition coefficient (Wildman–Crippen LogP) is 6.10. The fourth-order valence-corrected chi connectivity index (χ4v) is 3.70. The third-order valence-electron chi connectivity index (χ3n) is 5.48. The third-order valence-corrected chi connectivity index (χ3v) is 5.48. The highest BCUT2D eigenvalue weighted by molar-refractivity contribution is 5.96. The molecule has 0 aliphatic heterocycles. The van der Waals surface area contributed by atoms with Crippen molar-refractivity contribution in [1.82, 2.24) is 14.9 Å². The maximum atomic E-state index is 13.1. The molecule has 2 aromatic carbocycles. The van der Waals surface area contributed by atoms with Gasteiger partial charge in [0.15, 0.2) is 0 Å². The van der Waals surface area contributed by atoms with Crippen LogP contribution in [-0.4, -0.2) is 34.0 Å². The second kappa shape index (κ2) is 12.1. The Morgan fingerprint density at radius 1 is 0.838 bits per heavy atom. The Morgan fingerprint density at radius 3 is 2.11 bits per heavy atom. The molecule has 0 aliphatic carbocycles. The van der Waals surface area contributed by atoms with Crippen molar-refractivity contribution in [3.63, 3.8) is 0 Å². The molecular weight excluding hydrogens is 481 g/mol. The molecule has 0 fully saturated rings. The first-order valence-corrected chi connectivity index (χ1v) is 11.6. The molecule has 4 aromatic rings. The van der Waals surface area contributed by atoms with E-state index in [1.807, 2.05) is 36.4 Å². The standard InChI is InChI=1S/C28H25F3N4O2/c29-28(30,31)21-8-7-11-22(18-21)34-26-13-2-1-12-25(26)27(36)37-17-16-35(19-23-9-3-5-14-32-23)20-24-10-4-6-15-33-24/h1-15,18,34H,16-17,19-20H2. The number of nitrogens with zero attached hydrogens (tertiary/aromatic N) is 3. The zero-order valence-electron chi connectivity index (χ0n) is 19.9. The number of alkyl halides is 3. The highest BCUT2D eigenvalue weighted by Crippen LogP contribution is 2.32. The van der Waals surface area contributed by atoms with Crippen molar-refractivity contribution in [3.8, 4) is 0 Å². The molecular formula is C28H25F3N4O2. The van der Waals surface area contributed by atoms with E-state index in [0.717, 1.165) is 23.5 Å². The number of hydrogen-bond acceptors (Lipinski definition) is 6. The zero-order valence-corrected chi connectivity index (χ0v) is 19.9. The van der Waals surface area contributed by atoms with E-state index in [1.165, 1.54) is 12.1 Å². The lowest BCUT2D eigenvalue weighted by Crippen LogP contribution is -2.28. The van der Waals surface area contributed by atoms with Crippen LogP contribution in [0.5, 0.6) is 0 Å². The number of carbonyl (C=O) groups is 1. The van der Waals surface area contributed by atoms with Crippen LogP contribution >= 0.6 is 0 Å². The Balaban J connectivity index is 1.41. The maximum Gasteiger partial charge on any atom is 0.416 e. The average Bonchev–Trinajstić information content (AvgIpc) is 2.90. The lowest BCUT2D eigenvalue weighted by molar-refractivity contribution is -0.137. The highest BCUT2D eigenvalue weighted by Gasteiger charge is 2.30. The first-order chi connectivity index (χ1) is 17.9. The fraction of sp³-hybridized carbons (Fsp3) is 0.179. The molecule has 2 heterocycles. The summed E-state index contributed by atoms with van der Waals surface area (Å²) < 4.78 is 44.8. The lowest BCUT2D eigenvalue weighted by Gasteiger charge is -2.21. The summed E-state index contributed by atoms with van der Waals surface area (Å²) in [4.78, 5) is 23.7. The van der Waals surface area contributed by atoms with Crippen molar-refractivity contribution in [3.05, 3.63) is 120 Å². The molecule has 1 N–H and O–H groups in total. The van der Waals surface area contributed by atoms with E-state index >= 15 is 0 Å². The Hall–Kier alpha value is -4.24. The molecule has 37 heavy (non-hydrogen) atoms. The topological polar surface area (TPSA) is 67.3 Å². The van der Waals surface area contributed by atoms with Crippen LogP contribution in [0.2, 0.25) is 0 Å². The summed E-state index contributed by atoms with van der Waals surface area (Å²) in [5, 5.41) is 2.90. The molecule has 190 valence electrons. The highest BCUT2D eigenvalue weighted by atomic mass is 19.4. The Labute approximate surface area is 212 Å². The van der Waals surface area contributed by atoms with Crippen LogP contribution in [0, 0.1) is 0 Å². The molecule has 4 rings (SSSR count). The van der Waals surface area contributed by atoms with Gasteiger partial charge in [0.2, 0.25) is 0 Å². The molecule has 0 amide bonds. The molecule has 0 saturated carbocycles. The average molecular weight is 507 g/mol. The van der Waals surface area contributed by atoms with E-state index in [9.17, 15) is 18.0 Å². The van der Waals surface area contributed by atoms with E-state index in [2.05, 4.69) is 20.2 Å². The van der Waals surface area contributed by atoms with Gasteiger partial charge in [-0.3, -0.25) is 14.9 Å². The Bertz CT molecular complexity index is 1260. The summed E-state index contributed by atoms with van der Waals surface area (Å²) in [5.74, 6) is -0.578. The van der Waals surface area contributed by atoms with Gasteiger partial charge in [-0.15, -0.1) is 0 Å². The third kappa shape index (κ3) is 7.62. The molecule has 0 radical (unpaired) electrons. The van der Waals surface area contributed by atoms with E-state index in [4.69, 9.17) is 4.74 Å². The predicted molar refractivity (Wildman–Crippen MR) is 134 cm³/mol. The van der Waals surface area contributed by atoms with E-state index in [-0.39, 0.29) is 17.9 Å². The van der Waals surface area contributed by atoms with Crippen LogP contribution in [0.25, 0.3) is 0 Å². The van der Waals surface area contributed by atoms with Crippen LogP contribution in [0.4, 0.5) is 24.5 Å². The summed E-state index contributed by atoms with van der Waals surface area (Å²) in [5.41, 5.74) is 1.76. The molecule has 6 nitrogen and oxygen atoms in total. The lowest BCUT2D eigenvalue weighted by atomic mass is 10.1. The smallest absolute Gasteiger partial charge is 0.416 e. The number of hydrogen-bond donors (Lipinski definition) is 1. The quantitative estimate of drug-likeness (QED) is 0.262. The molecule has 0 aliphatic rings. The number of ether oxygens (including phenoxy) is 1. The normalized spacial score (nSPS) is 11.4. The minimum Gasteiger partial charge on any atom is -0.461 e. The number of pyridine rings is 2. The summed E-state index contributed by atoms with van der Waals surface area (Å²) in [6, 6.07) is 22.7. The van der Waals surface area contributed by atoms with Crippen molar-refractivity contribution >= 4 is 17.3 Å². The zero-order chi connectivity index (χ0) is 26.1. The fourth-order valence-electron chi connectivity index (χ4n) is 3.70. The van der Waals surface area contributed by atoms with Crippen LogP contribution in [0.3, 0.4) is 0 Å². The molecule has 0 unspecified atom stereocenters. The van der Waals surface area contributed by atoms with Gasteiger partial charge in [-0.2, -0.15) is 13.2 Å². The summed E-state index contributed by atoms with van der Waals surface area (Å²) in [6.45, 7) is 1.63. The van der Waals surface area contributed by atoms with Gasteiger partial charge in [-0.25, -0.2) is 4.79 Å². The van der Waals surface area contributed by atoms with E-state index in [1.54, 1.807) is 36.7 Å². The van der Waals surface area contributed by atoms with Crippen LogP contribution in [0.15, 0.2) is 97.3 Å². The Kier molecular flexibility index (Phi) is 8.48. The number of aromatic nitrogens is 2. The van der Waals surface area contributed by atoms with Crippen molar-refractivity contribution in [2.75, 3.05) is 18.5 Å². The molecule has 0 spiro atoms. The Morgan fingerprint density at radius 2 is 1.49 bits per heavy atom. The number of halogens is 3. The number of esters is 1. The first kappa shape index (κ1) is 25.8. The van der Waals surface area contributed by atoms with Crippen LogP contribution in [-0.2, 0) is 24.0 Å². The number of rotatable bonds is 10. The summed E-state index contributed by atoms with van der Waals surface area (Å²) in [6.07, 6.45) is -1.02. The van der Waals surface area contributed by atoms with Gasteiger partial charge < -0.3 is 10.1 Å². The maximum absolute atomic E-state index is 13.1. The monoisotopic (exact) mass is 506 g/mol. The first-order valence-electron chi connectivity index (χ1n) is 11.6. The van der Waals surface area contributed by atoms with Crippen molar-refractivity contribution < 1.29 is 22.7 Å². The van der Waals surface area contributed by atoms with Gasteiger partial charge in [0, 0.05) is 37.7 Å². The van der Waals surface area contributed by atoms with Gasteiger partial charge in [0.25, 0.3) is 0 Å². The molecule has 0 saturated heterocycles. The van der Waals surface area contributed by atoms with Gasteiger partial charge in [0.1, 0.15) is 6.61 Å².